The number of rotatable bonds is 3. The Hall–Kier alpha value is -2.08. The van der Waals surface area contributed by atoms with E-state index in [9.17, 15) is 4.39 Å². The van der Waals surface area contributed by atoms with E-state index in [0.29, 0.717) is 11.5 Å². The van der Waals surface area contributed by atoms with E-state index in [2.05, 4.69) is 15.3 Å². The van der Waals surface area contributed by atoms with Gasteiger partial charge in [-0.3, -0.25) is 0 Å². The zero-order valence-electron chi connectivity index (χ0n) is 9.64. The standard InChI is InChI=1S/C12H11FN4S/c1-7-4-8(13)2-3-9(7)17-11-6-15-10(5-16-11)12(14)18/h2-6H,1H3,(H2,14,18)(H,16,17). The third-order valence-electron chi connectivity index (χ3n) is 2.36. The first-order chi connectivity index (χ1) is 8.56. The molecule has 0 saturated carbocycles. The summed E-state index contributed by atoms with van der Waals surface area (Å²) in [5.74, 6) is 0.276. The number of benzene rings is 1. The lowest BCUT2D eigenvalue weighted by molar-refractivity contribution is 0.627. The molecule has 92 valence electrons. The van der Waals surface area contributed by atoms with Crippen LogP contribution in [0.25, 0.3) is 0 Å². The van der Waals surface area contributed by atoms with Crippen LogP contribution in [0.2, 0.25) is 0 Å². The molecule has 3 N–H and O–H groups in total. The number of aryl methyl sites for hydroxylation is 1. The van der Waals surface area contributed by atoms with Crippen molar-refractivity contribution in [1.82, 2.24) is 9.97 Å². The third kappa shape index (κ3) is 2.78. The van der Waals surface area contributed by atoms with Crippen LogP contribution in [0.3, 0.4) is 0 Å². The Bertz CT molecular complexity index is 583. The van der Waals surface area contributed by atoms with Gasteiger partial charge in [0.2, 0.25) is 0 Å². The average Bonchev–Trinajstić information content (AvgIpc) is 2.33. The number of halogens is 1. The van der Waals surface area contributed by atoms with E-state index < -0.39 is 0 Å². The van der Waals surface area contributed by atoms with Crippen LogP contribution in [0.4, 0.5) is 15.9 Å². The predicted octanol–water partition coefficient (Wildman–Crippen LogP) is 2.30. The summed E-state index contributed by atoms with van der Waals surface area (Å²) in [4.78, 5) is 8.38. The van der Waals surface area contributed by atoms with Crippen molar-refractivity contribution in [2.45, 2.75) is 6.92 Å². The van der Waals surface area contributed by atoms with Gasteiger partial charge in [0.25, 0.3) is 0 Å². The van der Waals surface area contributed by atoms with Gasteiger partial charge in [0.05, 0.1) is 12.4 Å². The van der Waals surface area contributed by atoms with Gasteiger partial charge in [0, 0.05) is 5.69 Å². The Balaban J connectivity index is 2.21. The number of anilines is 2. The lowest BCUT2D eigenvalue weighted by atomic mass is 10.2. The monoisotopic (exact) mass is 262 g/mol. The highest BCUT2D eigenvalue weighted by Crippen LogP contribution is 2.19. The van der Waals surface area contributed by atoms with Crippen LogP contribution in [0.1, 0.15) is 11.3 Å². The Morgan fingerprint density at radius 2 is 2.11 bits per heavy atom. The zero-order chi connectivity index (χ0) is 13.1. The van der Waals surface area contributed by atoms with E-state index in [-0.39, 0.29) is 10.8 Å². The molecule has 0 fully saturated rings. The van der Waals surface area contributed by atoms with Crippen molar-refractivity contribution in [3.05, 3.63) is 47.7 Å². The van der Waals surface area contributed by atoms with Crippen LogP contribution >= 0.6 is 12.2 Å². The number of hydrogen-bond donors (Lipinski definition) is 2. The molecule has 0 radical (unpaired) electrons. The molecule has 0 unspecified atom stereocenters. The second-order valence-electron chi connectivity index (χ2n) is 3.74. The first-order valence-corrected chi connectivity index (χ1v) is 5.62. The third-order valence-corrected chi connectivity index (χ3v) is 2.56. The number of thiocarbonyl (C=S) groups is 1. The van der Waals surface area contributed by atoms with E-state index in [1.54, 1.807) is 6.07 Å². The molecule has 0 atom stereocenters. The average molecular weight is 262 g/mol. The van der Waals surface area contributed by atoms with E-state index in [4.69, 9.17) is 18.0 Å². The molecule has 0 spiro atoms. The molecule has 0 saturated heterocycles. The maximum Gasteiger partial charge on any atom is 0.148 e. The Morgan fingerprint density at radius 3 is 2.67 bits per heavy atom. The van der Waals surface area contributed by atoms with Gasteiger partial charge in [-0.25, -0.2) is 14.4 Å². The first kappa shape index (κ1) is 12.4. The number of nitrogens with one attached hydrogen (secondary N) is 1. The van der Waals surface area contributed by atoms with Gasteiger partial charge in [0.1, 0.15) is 22.3 Å². The van der Waals surface area contributed by atoms with Crippen molar-refractivity contribution in [3.63, 3.8) is 0 Å². The molecule has 6 heteroatoms. The molecule has 0 amide bonds. The summed E-state index contributed by atoms with van der Waals surface area (Å²) in [5.41, 5.74) is 7.45. The second kappa shape index (κ2) is 5.05. The SMILES string of the molecule is Cc1cc(F)ccc1Nc1cnc(C(N)=S)cn1. The quantitative estimate of drug-likeness (QED) is 0.831. The molecule has 0 aliphatic carbocycles. The predicted molar refractivity (Wildman–Crippen MR) is 72.3 cm³/mol. The van der Waals surface area contributed by atoms with Crippen LogP contribution in [0, 0.1) is 12.7 Å². The van der Waals surface area contributed by atoms with Gasteiger partial charge in [-0.15, -0.1) is 0 Å². The van der Waals surface area contributed by atoms with Gasteiger partial charge in [-0.2, -0.15) is 0 Å². The maximum atomic E-state index is 12.9. The highest BCUT2D eigenvalue weighted by Gasteiger charge is 2.03. The highest BCUT2D eigenvalue weighted by molar-refractivity contribution is 7.80. The normalized spacial score (nSPS) is 10.1. The van der Waals surface area contributed by atoms with Gasteiger partial charge in [-0.05, 0) is 30.7 Å². The molecule has 1 aromatic carbocycles. The summed E-state index contributed by atoms with van der Waals surface area (Å²) in [5, 5.41) is 3.04. The molecule has 2 aromatic rings. The van der Waals surface area contributed by atoms with Gasteiger partial charge in [0.15, 0.2) is 0 Å². The van der Waals surface area contributed by atoms with Crippen LogP contribution in [0.5, 0.6) is 0 Å². The minimum Gasteiger partial charge on any atom is -0.388 e. The highest BCUT2D eigenvalue weighted by atomic mass is 32.1. The Morgan fingerprint density at radius 1 is 1.33 bits per heavy atom. The molecule has 0 aliphatic rings. The molecular formula is C12H11FN4S. The fourth-order valence-electron chi connectivity index (χ4n) is 1.43. The first-order valence-electron chi connectivity index (χ1n) is 5.21. The Labute approximate surface area is 109 Å². The number of nitrogens with zero attached hydrogens (tertiary/aromatic N) is 2. The largest absolute Gasteiger partial charge is 0.388 e. The van der Waals surface area contributed by atoms with Crippen LogP contribution in [0.15, 0.2) is 30.6 Å². The number of hydrogen-bond acceptors (Lipinski definition) is 4. The minimum atomic E-state index is -0.270. The molecule has 4 nitrogen and oxygen atoms in total. The fraction of sp³-hybridized carbons (Fsp3) is 0.0833. The van der Waals surface area contributed by atoms with Crippen molar-refractivity contribution < 1.29 is 4.39 Å². The summed E-state index contributed by atoms with van der Waals surface area (Å²) in [6.07, 6.45) is 3.01. The minimum absolute atomic E-state index is 0.201. The van der Waals surface area contributed by atoms with Gasteiger partial charge < -0.3 is 11.1 Å². The van der Waals surface area contributed by atoms with E-state index >= 15 is 0 Å². The second-order valence-corrected chi connectivity index (χ2v) is 4.18. The topological polar surface area (TPSA) is 63.8 Å². The summed E-state index contributed by atoms with van der Waals surface area (Å²) in [6.45, 7) is 1.81. The van der Waals surface area contributed by atoms with Crippen LogP contribution in [-0.2, 0) is 0 Å². The Kier molecular flexibility index (Phi) is 3.47. The van der Waals surface area contributed by atoms with Gasteiger partial charge in [-0.1, -0.05) is 12.2 Å². The molecule has 18 heavy (non-hydrogen) atoms. The fourth-order valence-corrected chi connectivity index (χ4v) is 1.53. The maximum absolute atomic E-state index is 12.9. The summed E-state index contributed by atoms with van der Waals surface area (Å²) >= 11 is 4.78. The molecule has 1 heterocycles. The molecule has 2 rings (SSSR count). The van der Waals surface area contributed by atoms with Crippen molar-refractivity contribution in [3.8, 4) is 0 Å². The summed E-state index contributed by atoms with van der Waals surface area (Å²) < 4.78 is 12.9. The molecule has 0 aliphatic heterocycles. The molecule has 0 bridgehead atoms. The van der Waals surface area contributed by atoms with Crippen molar-refractivity contribution in [1.29, 1.82) is 0 Å². The van der Waals surface area contributed by atoms with E-state index in [0.717, 1.165) is 11.3 Å². The lowest BCUT2D eigenvalue weighted by Gasteiger charge is -2.08. The number of aromatic nitrogens is 2. The van der Waals surface area contributed by atoms with Crippen molar-refractivity contribution in [2.75, 3.05) is 5.32 Å². The van der Waals surface area contributed by atoms with Crippen molar-refractivity contribution >= 4 is 28.7 Å². The summed E-state index contributed by atoms with van der Waals surface area (Å²) in [6, 6.07) is 4.47. The van der Waals surface area contributed by atoms with Crippen LogP contribution in [-0.4, -0.2) is 15.0 Å². The van der Waals surface area contributed by atoms with E-state index in [1.165, 1.54) is 24.5 Å². The zero-order valence-corrected chi connectivity index (χ0v) is 10.5. The van der Waals surface area contributed by atoms with E-state index in [1.807, 2.05) is 6.92 Å². The lowest BCUT2D eigenvalue weighted by Crippen LogP contribution is -2.12. The van der Waals surface area contributed by atoms with Crippen LogP contribution < -0.4 is 11.1 Å². The smallest absolute Gasteiger partial charge is 0.148 e. The summed E-state index contributed by atoms with van der Waals surface area (Å²) in [7, 11) is 0. The van der Waals surface area contributed by atoms with Gasteiger partial charge >= 0.3 is 0 Å². The van der Waals surface area contributed by atoms with Crippen molar-refractivity contribution in [2.24, 2.45) is 5.73 Å². The number of nitrogens with two attached hydrogens (primary N) is 1. The molecular weight excluding hydrogens is 251 g/mol. The molecule has 1 aromatic heterocycles.